The van der Waals surface area contributed by atoms with Crippen molar-refractivity contribution < 1.29 is 14.2 Å². The fourth-order valence-electron chi connectivity index (χ4n) is 4.37. The summed E-state index contributed by atoms with van der Waals surface area (Å²) in [6.07, 6.45) is 2.08. The van der Waals surface area contributed by atoms with Crippen molar-refractivity contribution in [3.05, 3.63) is 63.7 Å². The number of fused-ring (bicyclic) bond motifs is 2. The lowest BCUT2D eigenvalue weighted by atomic mass is 9.96. The molecule has 1 saturated heterocycles. The van der Waals surface area contributed by atoms with Gasteiger partial charge in [0.25, 0.3) is 11.6 Å². The third kappa shape index (κ3) is 3.57. The lowest BCUT2D eigenvalue weighted by Gasteiger charge is -2.19. The van der Waals surface area contributed by atoms with Gasteiger partial charge in [0.1, 0.15) is 17.9 Å². The zero-order valence-electron chi connectivity index (χ0n) is 17.4. The van der Waals surface area contributed by atoms with Crippen LogP contribution < -0.4 is 10.3 Å². The molecular formula is C24H21ClFN3O3. The van der Waals surface area contributed by atoms with Crippen molar-refractivity contribution in [3.63, 3.8) is 0 Å². The molecule has 1 aliphatic heterocycles. The Morgan fingerprint density at radius 1 is 1.28 bits per heavy atom. The Balaban J connectivity index is 1.64. The first-order chi connectivity index (χ1) is 15.4. The number of benzene rings is 3. The average molecular weight is 454 g/mol. The van der Waals surface area contributed by atoms with E-state index in [0.29, 0.717) is 12.2 Å². The predicted octanol–water partition coefficient (Wildman–Crippen LogP) is 4.71. The number of aromatic hydroxyl groups is 1. The SMILES string of the molecule is CN1CCC[C@H]1COc1nc2c(F)c(-c3cc(O)cc4ccccc34)c(Cl)cc2c(=O)[nH]1. The van der Waals surface area contributed by atoms with Gasteiger partial charge in [0.15, 0.2) is 5.82 Å². The maximum Gasteiger partial charge on any atom is 0.297 e. The van der Waals surface area contributed by atoms with Gasteiger partial charge in [-0.25, -0.2) is 4.39 Å². The average Bonchev–Trinajstić information content (AvgIpc) is 3.17. The quantitative estimate of drug-likeness (QED) is 0.467. The molecule has 32 heavy (non-hydrogen) atoms. The van der Waals surface area contributed by atoms with Crippen LogP contribution in [-0.2, 0) is 0 Å². The van der Waals surface area contributed by atoms with Gasteiger partial charge in [-0.2, -0.15) is 4.98 Å². The van der Waals surface area contributed by atoms with E-state index in [-0.39, 0.29) is 39.3 Å². The molecule has 8 heteroatoms. The van der Waals surface area contributed by atoms with Crippen molar-refractivity contribution in [2.45, 2.75) is 18.9 Å². The normalized spacial score (nSPS) is 16.8. The number of nitrogens with one attached hydrogen (secondary N) is 1. The standard InChI is InChI=1S/C24H21ClFN3O3/c1-29-8-4-6-14(29)12-32-24-27-22-18(23(31)28-24)11-19(25)20(21(22)26)17-10-15(30)9-13-5-2-3-7-16(13)17/h2-3,5,7,9-11,14,30H,4,6,8,12H2,1H3,(H,27,28,31)/t14-/m0/s1. The number of phenolic OH excluding ortho intramolecular Hbond substituents is 1. The van der Waals surface area contributed by atoms with Crippen LogP contribution in [0.1, 0.15) is 12.8 Å². The number of rotatable bonds is 4. The Morgan fingerprint density at radius 2 is 2.09 bits per heavy atom. The summed E-state index contributed by atoms with van der Waals surface area (Å²) in [6, 6.07) is 11.9. The Bertz CT molecular complexity index is 1410. The fraction of sp³-hybridized carbons (Fsp3) is 0.250. The van der Waals surface area contributed by atoms with Crippen molar-refractivity contribution >= 4 is 33.3 Å². The van der Waals surface area contributed by atoms with E-state index in [0.717, 1.165) is 30.2 Å². The van der Waals surface area contributed by atoms with Crippen LogP contribution in [0.2, 0.25) is 5.02 Å². The molecule has 1 fully saturated rings. The molecule has 0 bridgehead atoms. The van der Waals surface area contributed by atoms with Crippen LogP contribution in [0.3, 0.4) is 0 Å². The molecule has 0 amide bonds. The number of ether oxygens (including phenoxy) is 1. The van der Waals surface area contributed by atoms with E-state index >= 15 is 4.39 Å². The van der Waals surface area contributed by atoms with E-state index in [2.05, 4.69) is 14.9 Å². The third-order valence-corrected chi connectivity index (χ3v) is 6.37. The molecular weight excluding hydrogens is 433 g/mol. The highest BCUT2D eigenvalue weighted by Crippen LogP contribution is 2.40. The molecule has 4 aromatic rings. The first kappa shape index (κ1) is 20.7. The van der Waals surface area contributed by atoms with Crippen LogP contribution in [0.4, 0.5) is 4.39 Å². The number of nitrogens with zero attached hydrogens (tertiary/aromatic N) is 2. The largest absolute Gasteiger partial charge is 0.508 e. The van der Waals surface area contributed by atoms with Crippen LogP contribution in [0.5, 0.6) is 11.8 Å². The van der Waals surface area contributed by atoms with Gasteiger partial charge in [-0.05, 0) is 61.0 Å². The second-order valence-electron chi connectivity index (χ2n) is 8.12. The van der Waals surface area contributed by atoms with Crippen LogP contribution in [0.25, 0.3) is 32.8 Å². The third-order valence-electron chi connectivity index (χ3n) is 6.07. The van der Waals surface area contributed by atoms with E-state index in [9.17, 15) is 9.90 Å². The van der Waals surface area contributed by atoms with Gasteiger partial charge in [-0.15, -0.1) is 0 Å². The molecule has 0 aliphatic carbocycles. The van der Waals surface area contributed by atoms with Crippen LogP contribution >= 0.6 is 11.6 Å². The molecule has 1 aliphatic rings. The smallest absolute Gasteiger partial charge is 0.297 e. The first-order valence-corrected chi connectivity index (χ1v) is 10.8. The molecule has 6 nitrogen and oxygen atoms in total. The summed E-state index contributed by atoms with van der Waals surface area (Å²) in [5.74, 6) is -0.755. The molecule has 1 aromatic heterocycles. The lowest BCUT2D eigenvalue weighted by Crippen LogP contribution is -2.31. The monoisotopic (exact) mass is 453 g/mol. The number of phenols is 1. The van der Waals surface area contributed by atoms with Gasteiger partial charge >= 0.3 is 0 Å². The summed E-state index contributed by atoms with van der Waals surface area (Å²) in [7, 11) is 2.02. The van der Waals surface area contributed by atoms with Crippen LogP contribution in [-0.4, -0.2) is 46.2 Å². The molecule has 0 saturated carbocycles. The van der Waals surface area contributed by atoms with Crippen molar-refractivity contribution in [1.82, 2.24) is 14.9 Å². The van der Waals surface area contributed by atoms with Gasteiger partial charge in [0.2, 0.25) is 0 Å². The van der Waals surface area contributed by atoms with Gasteiger partial charge < -0.3 is 14.7 Å². The highest BCUT2D eigenvalue weighted by Gasteiger charge is 2.23. The lowest BCUT2D eigenvalue weighted by molar-refractivity contribution is 0.188. The second-order valence-corrected chi connectivity index (χ2v) is 8.52. The number of likely N-dealkylation sites (N-methyl/N-ethyl adjacent to an activating group) is 1. The number of aromatic amines is 1. The summed E-state index contributed by atoms with van der Waals surface area (Å²) in [5.41, 5.74) is -0.166. The van der Waals surface area contributed by atoms with E-state index in [1.54, 1.807) is 6.07 Å². The van der Waals surface area contributed by atoms with Crippen LogP contribution in [0, 0.1) is 5.82 Å². The van der Waals surface area contributed by atoms with Gasteiger partial charge in [0, 0.05) is 11.6 Å². The predicted molar refractivity (Wildman–Crippen MR) is 123 cm³/mol. The Morgan fingerprint density at radius 3 is 2.88 bits per heavy atom. The maximum absolute atomic E-state index is 15.8. The number of hydrogen-bond donors (Lipinski definition) is 2. The van der Waals surface area contributed by atoms with E-state index in [1.807, 2.05) is 31.3 Å². The highest BCUT2D eigenvalue weighted by molar-refractivity contribution is 6.34. The van der Waals surface area contributed by atoms with Gasteiger partial charge in [0.05, 0.1) is 10.4 Å². The molecule has 0 spiro atoms. The molecule has 5 rings (SSSR count). The van der Waals surface area contributed by atoms with Crippen LogP contribution in [0.15, 0.2) is 47.3 Å². The fourth-order valence-corrected chi connectivity index (χ4v) is 4.66. The highest BCUT2D eigenvalue weighted by atomic mass is 35.5. The number of H-pyrrole nitrogens is 1. The molecule has 1 atom stereocenters. The Kier molecular flexibility index (Phi) is 5.23. The Labute approximate surface area is 188 Å². The maximum atomic E-state index is 15.8. The molecule has 164 valence electrons. The van der Waals surface area contributed by atoms with Gasteiger partial charge in [-0.3, -0.25) is 9.78 Å². The number of likely N-dealkylation sites (tertiary alicyclic amines) is 1. The molecule has 3 aromatic carbocycles. The molecule has 2 N–H and O–H groups in total. The zero-order valence-corrected chi connectivity index (χ0v) is 18.1. The minimum Gasteiger partial charge on any atom is -0.508 e. The van der Waals surface area contributed by atoms with E-state index in [4.69, 9.17) is 16.3 Å². The molecule has 2 heterocycles. The minimum atomic E-state index is -0.739. The minimum absolute atomic E-state index is 0.0159. The van der Waals surface area contributed by atoms with Crippen molar-refractivity contribution in [2.24, 2.45) is 0 Å². The van der Waals surface area contributed by atoms with Crippen molar-refractivity contribution in [1.29, 1.82) is 0 Å². The first-order valence-electron chi connectivity index (χ1n) is 10.4. The van der Waals surface area contributed by atoms with E-state index in [1.165, 1.54) is 12.1 Å². The number of hydrogen-bond acceptors (Lipinski definition) is 5. The second kappa shape index (κ2) is 8.07. The van der Waals surface area contributed by atoms with Crippen molar-refractivity contribution in [3.8, 4) is 22.9 Å². The summed E-state index contributed by atoms with van der Waals surface area (Å²) < 4.78 is 21.5. The zero-order chi connectivity index (χ0) is 22.4. The topological polar surface area (TPSA) is 78.5 Å². The summed E-state index contributed by atoms with van der Waals surface area (Å²) >= 11 is 6.43. The van der Waals surface area contributed by atoms with Crippen molar-refractivity contribution in [2.75, 3.05) is 20.2 Å². The summed E-state index contributed by atoms with van der Waals surface area (Å²) in [4.78, 5) is 21.6. The van der Waals surface area contributed by atoms with Gasteiger partial charge in [-0.1, -0.05) is 35.9 Å². The molecule has 0 radical (unpaired) electrons. The Hall–Kier alpha value is -3.16. The number of aromatic nitrogens is 2. The summed E-state index contributed by atoms with van der Waals surface area (Å²) in [5, 5.41) is 11.7. The molecule has 0 unspecified atom stereocenters. The number of halogens is 2. The summed E-state index contributed by atoms with van der Waals surface area (Å²) in [6.45, 7) is 1.34. The van der Waals surface area contributed by atoms with E-state index < -0.39 is 11.4 Å².